The van der Waals surface area contributed by atoms with Gasteiger partial charge in [-0.05, 0) is 51.8 Å². The zero-order valence-electron chi connectivity index (χ0n) is 10.8. The number of rotatable bonds is 4. The van der Waals surface area contributed by atoms with E-state index in [1.54, 1.807) is 18.2 Å². The van der Waals surface area contributed by atoms with E-state index in [0.717, 1.165) is 10.0 Å². The van der Waals surface area contributed by atoms with E-state index in [9.17, 15) is 4.39 Å². The Labute approximate surface area is 125 Å². The highest BCUT2D eigenvalue weighted by Gasteiger charge is 2.05. The molecule has 0 aliphatic heterocycles. The van der Waals surface area contributed by atoms with Crippen molar-refractivity contribution < 1.29 is 9.13 Å². The number of nitriles is 1. The lowest BCUT2D eigenvalue weighted by Gasteiger charge is -2.10. The summed E-state index contributed by atoms with van der Waals surface area (Å²) in [4.78, 5) is 0. The molecule has 0 aromatic heterocycles. The topological polar surface area (TPSA) is 45.0 Å². The van der Waals surface area contributed by atoms with Crippen LogP contribution in [0.25, 0.3) is 0 Å². The molecule has 5 heteroatoms. The summed E-state index contributed by atoms with van der Waals surface area (Å²) in [5, 5.41) is 12.1. The summed E-state index contributed by atoms with van der Waals surface area (Å²) < 4.78 is 19.1. The first kappa shape index (κ1) is 14.4. The van der Waals surface area contributed by atoms with Crippen LogP contribution in [0.15, 0.2) is 40.9 Å². The van der Waals surface area contributed by atoms with Crippen molar-refractivity contribution in [1.29, 1.82) is 5.26 Å². The number of ether oxygens (including phenoxy) is 1. The number of methoxy groups -OCH3 is 1. The third-order valence-corrected chi connectivity index (χ3v) is 3.49. The van der Waals surface area contributed by atoms with E-state index in [4.69, 9.17) is 10.00 Å². The summed E-state index contributed by atoms with van der Waals surface area (Å²) >= 11 is 3.36. The van der Waals surface area contributed by atoms with Crippen LogP contribution in [-0.2, 0) is 6.54 Å². The third kappa shape index (κ3) is 3.28. The molecule has 0 unspecified atom stereocenters. The first-order valence-electron chi connectivity index (χ1n) is 5.90. The van der Waals surface area contributed by atoms with Gasteiger partial charge in [-0.2, -0.15) is 5.26 Å². The Hall–Kier alpha value is -2.06. The van der Waals surface area contributed by atoms with Gasteiger partial charge in [-0.15, -0.1) is 0 Å². The molecule has 0 spiro atoms. The number of benzene rings is 2. The molecule has 0 amide bonds. The second kappa shape index (κ2) is 6.40. The van der Waals surface area contributed by atoms with Gasteiger partial charge in [0.25, 0.3) is 0 Å². The Morgan fingerprint density at radius 2 is 2.10 bits per heavy atom. The van der Waals surface area contributed by atoms with Gasteiger partial charge >= 0.3 is 0 Å². The van der Waals surface area contributed by atoms with Crippen molar-refractivity contribution in [3.05, 3.63) is 57.8 Å². The number of nitrogens with one attached hydrogen (secondary N) is 1. The number of hydrogen-bond donors (Lipinski definition) is 1. The van der Waals surface area contributed by atoms with E-state index in [2.05, 4.69) is 27.3 Å². The predicted octanol–water partition coefficient (Wildman–Crippen LogP) is 4.08. The fraction of sp³-hybridized carbons (Fsp3) is 0.133. The largest absolute Gasteiger partial charge is 0.495 e. The Balaban J connectivity index is 2.15. The number of anilines is 1. The van der Waals surface area contributed by atoms with Gasteiger partial charge in [-0.25, -0.2) is 4.39 Å². The zero-order valence-corrected chi connectivity index (χ0v) is 12.4. The summed E-state index contributed by atoms with van der Waals surface area (Å²) in [5.41, 5.74) is 2.11. The lowest BCUT2D eigenvalue weighted by Crippen LogP contribution is -2.01. The summed E-state index contributed by atoms with van der Waals surface area (Å²) in [6, 6.07) is 11.9. The van der Waals surface area contributed by atoms with Gasteiger partial charge < -0.3 is 10.1 Å². The molecule has 0 aliphatic rings. The highest BCUT2D eigenvalue weighted by Crippen LogP contribution is 2.25. The molecule has 0 heterocycles. The van der Waals surface area contributed by atoms with Crippen molar-refractivity contribution in [2.75, 3.05) is 12.4 Å². The normalized spacial score (nSPS) is 9.90. The molecule has 3 nitrogen and oxygen atoms in total. The number of nitrogens with zero attached hydrogens (tertiary/aromatic N) is 1. The van der Waals surface area contributed by atoms with Gasteiger partial charge in [0.15, 0.2) is 0 Å². The van der Waals surface area contributed by atoms with Crippen molar-refractivity contribution in [1.82, 2.24) is 0 Å². The quantitative estimate of drug-likeness (QED) is 0.916. The average molecular weight is 335 g/mol. The highest BCUT2D eigenvalue weighted by molar-refractivity contribution is 9.10. The van der Waals surface area contributed by atoms with Crippen molar-refractivity contribution in [2.24, 2.45) is 0 Å². The third-order valence-electron chi connectivity index (χ3n) is 2.80. The smallest absolute Gasteiger partial charge is 0.136 e. The molecule has 1 N–H and O–H groups in total. The number of halogens is 2. The summed E-state index contributed by atoms with van der Waals surface area (Å²) in [6.07, 6.45) is 0. The van der Waals surface area contributed by atoms with Crippen LogP contribution in [-0.4, -0.2) is 7.11 Å². The molecular weight excluding hydrogens is 323 g/mol. The van der Waals surface area contributed by atoms with Crippen LogP contribution in [0.2, 0.25) is 0 Å². The van der Waals surface area contributed by atoms with E-state index < -0.39 is 0 Å². The van der Waals surface area contributed by atoms with Gasteiger partial charge in [-0.3, -0.25) is 0 Å². The molecule has 0 bridgehead atoms. The minimum absolute atomic E-state index is 0.298. The first-order chi connectivity index (χ1) is 9.63. The maximum absolute atomic E-state index is 13.2. The fourth-order valence-corrected chi connectivity index (χ4v) is 2.16. The predicted molar refractivity (Wildman–Crippen MR) is 79.1 cm³/mol. The second-order valence-corrected chi connectivity index (χ2v) is 4.98. The van der Waals surface area contributed by atoms with Gasteiger partial charge in [0.1, 0.15) is 17.6 Å². The minimum atomic E-state index is -0.298. The molecule has 2 rings (SSSR count). The standard InChI is InChI=1S/C15H12BrFN2O/c1-20-15-6-10(2-3-11(15)8-18)9-19-14-7-12(17)4-5-13(14)16/h2-7,19H,9H2,1H3. The Bertz CT molecular complexity index is 667. The average Bonchev–Trinajstić information content (AvgIpc) is 2.47. The second-order valence-electron chi connectivity index (χ2n) is 4.12. The molecule has 0 fully saturated rings. The summed E-state index contributed by atoms with van der Waals surface area (Å²) in [7, 11) is 1.52. The molecule has 0 atom stereocenters. The van der Waals surface area contributed by atoms with E-state index in [1.807, 2.05) is 6.07 Å². The lowest BCUT2D eigenvalue weighted by atomic mass is 10.1. The van der Waals surface area contributed by atoms with E-state index in [1.165, 1.54) is 19.2 Å². The van der Waals surface area contributed by atoms with Crippen LogP contribution in [0, 0.1) is 17.1 Å². The van der Waals surface area contributed by atoms with Crippen LogP contribution in [0.3, 0.4) is 0 Å². The van der Waals surface area contributed by atoms with Gasteiger partial charge in [0, 0.05) is 11.0 Å². The maximum atomic E-state index is 13.2. The van der Waals surface area contributed by atoms with Crippen molar-refractivity contribution >= 4 is 21.6 Å². The van der Waals surface area contributed by atoms with Gasteiger partial charge in [-0.1, -0.05) is 6.07 Å². The Morgan fingerprint density at radius 1 is 1.30 bits per heavy atom. The highest BCUT2D eigenvalue weighted by atomic mass is 79.9. The van der Waals surface area contributed by atoms with E-state index >= 15 is 0 Å². The van der Waals surface area contributed by atoms with Crippen LogP contribution in [0.5, 0.6) is 5.75 Å². The SMILES string of the molecule is COc1cc(CNc2cc(F)ccc2Br)ccc1C#N. The van der Waals surface area contributed by atoms with Crippen molar-refractivity contribution in [3.63, 3.8) is 0 Å². The van der Waals surface area contributed by atoms with E-state index in [-0.39, 0.29) is 5.82 Å². The van der Waals surface area contributed by atoms with Crippen LogP contribution in [0.4, 0.5) is 10.1 Å². The summed E-state index contributed by atoms with van der Waals surface area (Å²) in [5.74, 6) is 0.234. The lowest BCUT2D eigenvalue weighted by molar-refractivity contribution is 0.413. The first-order valence-corrected chi connectivity index (χ1v) is 6.69. The van der Waals surface area contributed by atoms with E-state index in [0.29, 0.717) is 23.5 Å². The Kier molecular flexibility index (Phi) is 4.59. The zero-order chi connectivity index (χ0) is 14.5. The molecule has 20 heavy (non-hydrogen) atoms. The molecule has 2 aromatic carbocycles. The molecule has 0 saturated heterocycles. The maximum Gasteiger partial charge on any atom is 0.136 e. The summed E-state index contributed by atoms with van der Waals surface area (Å²) in [6.45, 7) is 0.504. The monoisotopic (exact) mass is 334 g/mol. The minimum Gasteiger partial charge on any atom is -0.495 e. The molecule has 2 aromatic rings. The van der Waals surface area contributed by atoms with Crippen molar-refractivity contribution in [3.8, 4) is 11.8 Å². The molecular formula is C15H12BrFN2O. The van der Waals surface area contributed by atoms with Crippen molar-refractivity contribution in [2.45, 2.75) is 6.54 Å². The van der Waals surface area contributed by atoms with Gasteiger partial charge in [0.05, 0.1) is 18.4 Å². The van der Waals surface area contributed by atoms with Crippen LogP contribution in [0.1, 0.15) is 11.1 Å². The van der Waals surface area contributed by atoms with Crippen LogP contribution < -0.4 is 10.1 Å². The molecule has 0 radical (unpaired) electrons. The molecule has 0 saturated carbocycles. The van der Waals surface area contributed by atoms with Crippen LogP contribution >= 0.6 is 15.9 Å². The number of hydrogen-bond acceptors (Lipinski definition) is 3. The fourth-order valence-electron chi connectivity index (χ4n) is 1.77. The van der Waals surface area contributed by atoms with Gasteiger partial charge in [0.2, 0.25) is 0 Å². The Morgan fingerprint density at radius 3 is 2.80 bits per heavy atom. The molecule has 102 valence electrons. The molecule has 0 aliphatic carbocycles.